The SMILES string of the molecule is CC(C)(C)[C@H]1CCc2nc3sc(C(=O)NC(CCNCC(F)(F)F)c4ccccc4)cc3cc2C1. The molecule has 1 aliphatic rings. The van der Waals surface area contributed by atoms with E-state index in [0.717, 1.165) is 40.7 Å². The molecule has 0 saturated heterocycles. The molecule has 2 N–H and O–H groups in total. The quantitative estimate of drug-likeness (QED) is 0.364. The molecule has 35 heavy (non-hydrogen) atoms. The molecule has 0 bridgehead atoms. The maximum Gasteiger partial charge on any atom is 0.401 e. The number of hydrogen-bond donors (Lipinski definition) is 2. The Morgan fingerprint density at radius 3 is 2.60 bits per heavy atom. The molecule has 0 radical (unpaired) electrons. The fraction of sp³-hybridized carbons (Fsp3) is 0.481. The van der Waals surface area contributed by atoms with Crippen LogP contribution < -0.4 is 10.6 Å². The second kappa shape index (κ2) is 10.3. The predicted molar refractivity (Wildman–Crippen MR) is 135 cm³/mol. The Hall–Kier alpha value is -2.45. The summed E-state index contributed by atoms with van der Waals surface area (Å²) in [6, 6.07) is 13.0. The summed E-state index contributed by atoms with van der Waals surface area (Å²) in [5.41, 5.74) is 3.50. The van der Waals surface area contributed by atoms with Crippen molar-refractivity contribution in [3.05, 3.63) is 64.2 Å². The number of nitrogens with zero attached hydrogens (tertiary/aromatic N) is 1. The lowest BCUT2D eigenvalue weighted by molar-refractivity contribution is -0.124. The molecule has 0 saturated carbocycles. The highest BCUT2D eigenvalue weighted by Crippen LogP contribution is 2.38. The first kappa shape index (κ1) is 25.6. The summed E-state index contributed by atoms with van der Waals surface area (Å²) in [5.74, 6) is 0.372. The first-order chi connectivity index (χ1) is 16.5. The number of halogens is 3. The Morgan fingerprint density at radius 1 is 1.17 bits per heavy atom. The molecule has 2 heterocycles. The van der Waals surface area contributed by atoms with E-state index in [1.807, 2.05) is 36.4 Å². The lowest BCUT2D eigenvalue weighted by Crippen LogP contribution is -2.33. The molecule has 2 aromatic heterocycles. The molecule has 0 aliphatic heterocycles. The van der Waals surface area contributed by atoms with Crippen molar-refractivity contribution < 1.29 is 18.0 Å². The normalized spacial score (nSPS) is 17.3. The smallest absolute Gasteiger partial charge is 0.344 e. The Balaban J connectivity index is 1.49. The van der Waals surface area contributed by atoms with E-state index in [2.05, 4.69) is 37.5 Å². The van der Waals surface area contributed by atoms with E-state index in [-0.39, 0.29) is 17.9 Å². The second-order valence-corrected chi connectivity index (χ2v) is 11.5. The number of pyridine rings is 1. The number of carbonyl (C=O) groups is 1. The monoisotopic (exact) mass is 503 g/mol. The van der Waals surface area contributed by atoms with Crippen LogP contribution >= 0.6 is 11.3 Å². The summed E-state index contributed by atoms with van der Waals surface area (Å²) in [4.78, 5) is 19.5. The zero-order valence-corrected chi connectivity index (χ0v) is 21.2. The Kier molecular flexibility index (Phi) is 7.52. The van der Waals surface area contributed by atoms with Crippen molar-refractivity contribution in [1.82, 2.24) is 15.6 Å². The highest BCUT2D eigenvalue weighted by Gasteiger charge is 2.30. The second-order valence-electron chi connectivity index (χ2n) is 10.4. The van der Waals surface area contributed by atoms with Gasteiger partial charge in [0.1, 0.15) is 4.83 Å². The molecular weight excluding hydrogens is 471 g/mol. The van der Waals surface area contributed by atoms with Crippen LogP contribution in [0, 0.1) is 11.3 Å². The molecule has 0 spiro atoms. The van der Waals surface area contributed by atoms with Crippen molar-refractivity contribution in [3.63, 3.8) is 0 Å². The van der Waals surface area contributed by atoms with Crippen LogP contribution in [0.25, 0.3) is 10.2 Å². The largest absolute Gasteiger partial charge is 0.401 e. The number of aromatic nitrogens is 1. The molecule has 1 amide bonds. The lowest BCUT2D eigenvalue weighted by Gasteiger charge is -2.34. The maximum atomic E-state index is 13.2. The van der Waals surface area contributed by atoms with Gasteiger partial charge in [-0.05, 0) is 66.8 Å². The van der Waals surface area contributed by atoms with E-state index in [0.29, 0.717) is 17.2 Å². The predicted octanol–water partition coefficient (Wildman–Crippen LogP) is 6.46. The van der Waals surface area contributed by atoms with Gasteiger partial charge in [-0.1, -0.05) is 51.1 Å². The van der Waals surface area contributed by atoms with Crippen LogP contribution in [-0.2, 0) is 12.8 Å². The van der Waals surface area contributed by atoms with Gasteiger partial charge in [-0.15, -0.1) is 11.3 Å². The van der Waals surface area contributed by atoms with Crippen LogP contribution in [-0.4, -0.2) is 30.2 Å². The Labute approximate surface area is 208 Å². The zero-order chi connectivity index (χ0) is 25.2. The van der Waals surface area contributed by atoms with E-state index in [4.69, 9.17) is 4.98 Å². The summed E-state index contributed by atoms with van der Waals surface area (Å²) in [7, 11) is 0. The third-order valence-corrected chi connectivity index (χ3v) is 7.81. The molecule has 0 fully saturated rings. The topological polar surface area (TPSA) is 54.0 Å². The van der Waals surface area contributed by atoms with Gasteiger partial charge in [0.2, 0.25) is 0 Å². The molecular formula is C27H32F3N3OS. The molecule has 3 aromatic rings. The van der Waals surface area contributed by atoms with Crippen LogP contribution in [0.3, 0.4) is 0 Å². The highest BCUT2D eigenvalue weighted by molar-refractivity contribution is 7.20. The van der Waals surface area contributed by atoms with E-state index >= 15 is 0 Å². The number of nitrogens with one attached hydrogen (secondary N) is 2. The zero-order valence-electron chi connectivity index (χ0n) is 20.3. The van der Waals surface area contributed by atoms with E-state index in [9.17, 15) is 18.0 Å². The molecule has 4 rings (SSSR count). The van der Waals surface area contributed by atoms with Gasteiger partial charge in [-0.25, -0.2) is 4.98 Å². The van der Waals surface area contributed by atoms with Crippen molar-refractivity contribution in [1.29, 1.82) is 0 Å². The minimum Gasteiger partial charge on any atom is -0.344 e. The van der Waals surface area contributed by atoms with Gasteiger partial charge < -0.3 is 10.6 Å². The van der Waals surface area contributed by atoms with Crippen molar-refractivity contribution in [3.8, 4) is 0 Å². The Bertz CT molecular complexity index is 1170. The van der Waals surface area contributed by atoms with Crippen LogP contribution in [0.15, 0.2) is 42.5 Å². The van der Waals surface area contributed by atoms with Gasteiger partial charge in [-0.2, -0.15) is 13.2 Å². The number of benzene rings is 1. The molecule has 4 nitrogen and oxygen atoms in total. The van der Waals surface area contributed by atoms with Crippen LogP contribution in [0.4, 0.5) is 13.2 Å². The van der Waals surface area contributed by atoms with Gasteiger partial charge in [0.05, 0.1) is 17.5 Å². The van der Waals surface area contributed by atoms with Gasteiger partial charge >= 0.3 is 6.18 Å². The molecule has 1 aromatic carbocycles. The molecule has 8 heteroatoms. The van der Waals surface area contributed by atoms with Crippen molar-refractivity contribution in [2.24, 2.45) is 11.3 Å². The van der Waals surface area contributed by atoms with Gasteiger partial charge in [0.15, 0.2) is 0 Å². The molecule has 1 unspecified atom stereocenters. The summed E-state index contributed by atoms with van der Waals surface area (Å²) < 4.78 is 37.5. The lowest BCUT2D eigenvalue weighted by atomic mass is 9.71. The standard InChI is InChI=1S/C27H32F3N3OS/c1-26(2,3)20-9-10-21-18(14-20)13-19-15-23(35-25(19)33-21)24(34)32-22(17-7-5-4-6-8-17)11-12-31-16-27(28,29)30/h4-8,13,15,20,22,31H,9-12,14,16H2,1-3H3,(H,32,34)/t20-,22?/m0/s1. The number of hydrogen-bond acceptors (Lipinski definition) is 4. The van der Waals surface area contributed by atoms with Crippen molar-refractivity contribution >= 4 is 27.5 Å². The molecule has 2 atom stereocenters. The minimum atomic E-state index is -4.26. The Morgan fingerprint density at radius 2 is 1.91 bits per heavy atom. The first-order valence-electron chi connectivity index (χ1n) is 12.1. The van der Waals surface area contributed by atoms with Crippen LogP contribution in [0.1, 0.15) is 66.1 Å². The number of thiophene rings is 1. The van der Waals surface area contributed by atoms with Gasteiger partial charge in [0, 0.05) is 11.1 Å². The first-order valence-corrected chi connectivity index (χ1v) is 12.9. The van der Waals surface area contributed by atoms with E-state index in [1.165, 1.54) is 16.9 Å². The molecule has 1 aliphatic carbocycles. The fourth-order valence-corrected chi connectivity index (χ4v) is 5.63. The maximum absolute atomic E-state index is 13.2. The highest BCUT2D eigenvalue weighted by atomic mass is 32.1. The number of rotatable bonds is 7. The number of fused-ring (bicyclic) bond motifs is 2. The number of amides is 1. The van der Waals surface area contributed by atoms with Crippen molar-refractivity contribution in [2.75, 3.05) is 13.1 Å². The minimum absolute atomic E-state index is 0.134. The van der Waals surface area contributed by atoms with Crippen molar-refractivity contribution in [2.45, 2.75) is 58.7 Å². The van der Waals surface area contributed by atoms with Crippen LogP contribution in [0.2, 0.25) is 0 Å². The summed E-state index contributed by atoms with van der Waals surface area (Å²) in [5, 5.41) is 6.42. The third kappa shape index (κ3) is 6.61. The number of aryl methyl sites for hydroxylation is 1. The van der Waals surface area contributed by atoms with E-state index in [1.54, 1.807) is 0 Å². The summed E-state index contributed by atoms with van der Waals surface area (Å²) >= 11 is 1.37. The summed E-state index contributed by atoms with van der Waals surface area (Å²) in [6.07, 6.45) is -0.845. The van der Waals surface area contributed by atoms with Gasteiger partial charge in [0.25, 0.3) is 5.91 Å². The van der Waals surface area contributed by atoms with E-state index < -0.39 is 18.8 Å². The fourth-order valence-electron chi connectivity index (χ4n) is 4.69. The van der Waals surface area contributed by atoms with Crippen LogP contribution in [0.5, 0.6) is 0 Å². The average molecular weight is 504 g/mol. The number of carbonyl (C=O) groups excluding carboxylic acids is 1. The third-order valence-electron chi connectivity index (χ3n) is 6.76. The summed E-state index contributed by atoms with van der Waals surface area (Å²) in [6.45, 7) is 5.93. The molecule has 188 valence electrons. The van der Waals surface area contributed by atoms with Gasteiger partial charge in [-0.3, -0.25) is 4.79 Å². The average Bonchev–Trinajstić information content (AvgIpc) is 3.21. The number of alkyl halides is 3.